The summed E-state index contributed by atoms with van der Waals surface area (Å²) in [6.07, 6.45) is 15.0. The third-order valence-electron chi connectivity index (χ3n) is 4.62. The van der Waals surface area contributed by atoms with E-state index in [0.717, 1.165) is 24.3 Å². The molecule has 0 aromatic carbocycles. The van der Waals surface area contributed by atoms with Crippen molar-refractivity contribution in [1.82, 2.24) is 0 Å². The zero-order chi connectivity index (χ0) is 19.9. The van der Waals surface area contributed by atoms with Crippen molar-refractivity contribution in [2.45, 2.75) is 77.6 Å². The molecule has 0 radical (unpaired) electrons. The molecular formula is C22H31NO3S. The van der Waals surface area contributed by atoms with Crippen LogP contribution in [0.2, 0.25) is 0 Å². The van der Waals surface area contributed by atoms with Gasteiger partial charge in [0.1, 0.15) is 17.4 Å². The van der Waals surface area contributed by atoms with Crippen molar-refractivity contribution in [3.05, 3.63) is 23.3 Å². The lowest BCUT2D eigenvalue weighted by molar-refractivity contribution is -0.118. The van der Waals surface area contributed by atoms with Crippen LogP contribution in [-0.4, -0.2) is 28.9 Å². The molecule has 0 unspecified atom stereocenters. The molecule has 0 bridgehead atoms. The Morgan fingerprint density at radius 1 is 0.926 bits per heavy atom. The number of carbonyl (C=O) groups is 3. The second-order valence-corrected chi connectivity index (χ2v) is 8.08. The van der Waals surface area contributed by atoms with Gasteiger partial charge in [-0.15, -0.1) is 0 Å². The smallest absolute Gasteiger partial charge is 0.196 e. The van der Waals surface area contributed by atoms with Gasteiger partial charge < -0.3 is 0 Å². The van der Waals surface area contributed by atoms with Crippen LogP contribution in [0.4, 0.5) is 0 Å². The standard InChI is InChI=1S/C22H31NO3S/c1-2-3-4-5-6-7-8-9-10-11-14-27-17-18(24)15-19-20(16-23)22(26)13-12-21(19)25/h12-13H,2-11,14-15,17H2,1H3. The van der Waals surface area contributed by atoms with E-state index in [-0.39, 0.29) is 23.4 Å². The van der Waals surface area contributed by atoms with E-state index in [0.29, 0.717) is 5.75 Å². The minimum absolute atomic E-state index is 0.0505. The van der Waals surface area contributed by atoms with Gasteiger partial charge in [0.05, 0.1) is 5.75 Å². The molecule has 1 aliphatic rings. The van der Waals surface area contributed by atoms with Gasteiger partial charge in [-0.3, -0.25) is 14.4 Å². The van der Waals surface area contributed by atoms with Gasteiger partial charge in [0.2, 0.25) is 0 Å². The van der Waals surface area contributed by atoms with Crippen LogP contribution in [0.25, 0.3) is 0 Å². The van der Waals surface area contributed by atoms with Crippen LogP contribution in [0, 0.1) is 11.3 Å². The van der Waals surface area contributed by atoms with Crippen LogP contribution in [0.3, 0.4) is 0 Å². The topological polar surface area (TPSA) is 75.0 Å². The average Bonchev–Trinajstić information content (AvgIpc) is 2.66. The van der Waals surface area contributed by atoms with E-state index in [2.05, 4.69) is 6.92 Å². The first kappa shape index (κ1) is 23.4. The minimum Gasteiger partial charge on any atom is -0.298 e. The van der Waals surface area contributed by atoms with Gasteiger partial charge in [-0.2, -0.15) is 17.0 Å². The highest BCUT2D eigenvalue weighted by Gasteiger charge is 2.24. The molecule has 0 fully saturated rings. The lowest BCUT2D eigenvalue weighted by atomic mass is 9.92. The second-order valence-electron chi connectivity index (χ2n) is 6.98. The first-order chi connectivity index (χ1) is 13.1. The molecule has 0 atom stereocenters. The van der Waals surface area contributed by atoms with Crippen molar-refractivity contribution < 1.29 is 14.4 Å². The van der Waals surface area contributed by atoms with Gasteiger partial charge in [0.25, 0.3) is 0 Å². The van der Waals surface area contributed by atoms with Gasteiger partial charge in [-0.25, -0.2) is 0 Å². The van der Waals surface area contributed by atoms with Crippen molar-refractivity contribution in [2.24, 2.45) is 0 Å². The third kappa shape index (κ3) is 9.72. The number of nitriles is 1. The van der Waals surface area contributed by atoms with Crippen LogP contribution >= 0.6 is 11.8 Å². The zero-order valence-corrected chi connectivity index (χ0v) is 17.2. The number of rotatable bonds is 15. The SMILES string of the molecule is CCCCCCCCCCCCSCC(=O)CC1=C(C#N)C(=O)C=CC1=O. The first-order valence-corrected chi connectivity index (χ1v) is 11.2. The van der Waals surface area contributed by atoms with Gasteiger partial charge in [-0.05, 0) is 24.3 Å². The summed E-state index contributed by atoms with van der Waals surface area (Å²) in [5.41, 5.74) is -0.134. The summed E-state index contributed by atoms with van der Waals surface area (Å²) in [4.78, 5) is 35.5. The molecule has 1 rings (SSSR count). The van der Waals surface area contributed by atoms with Crippen molar-refractivity contribution >= 4 is 29.1 Å². The molecular weight excluding hydrogens is 358 g/mol. The monoisotopic (exact) mass is 389 g/mol. The van der Waals surface area contributed by atoms with Crippen LogP contribution in [0.1, 0.15) is 77.6 Å². The number of allylic oxidation sites excluding steroid dienone is 4. The number of hydrogen-bond acceptors (Lipinski definition) is 5. The molecule has 0 saturated heterocycles. The maximum absolute atomic E-state index is 12.1. The third-order valence-corrected chi connectivity index (χ3v) is 5.73. The van der Waals surface area contributed by atoms with Crippen molar-refractivity contribution in [3.63, 3.8) is 0 Å². The lowest BCUT2D eigenvalue weighted by Crippen LogP contribution is -2.17. The number of hydrogen-bond donors (Lipinski definition) is 0. The molecule has 0 aromatic rings. The Labute approximate surface area is 167 Å². The fourth-order valence-corrected chi connectivity index (χ4v) is 3.91. The van der Waals surface area contributed by atoms with E-state index in [1.807, 2.05) is 0 Å². The maximum atomic E-state index is 12.1. The molecule has 0 spiro atoms. The minimum atomic E-state index is -0.488. The number of thioether (sulfide) groups is 1. The van der Waals surface area contributed by atoms with Gasteiger partial charge in [-0.1, -0.05) is 64.7 Å². The van der Waals surface area contributed by atoms with E-state index in [4.69, 9.17) is 5.26 Å². The first-order valence-electron chi connectivity index (χ1n) is 10.1. The Morgan fingerprint density at radius 3 is 2.07 bits per heavy atom. The summed E-state index contributed by atoms with van der Waals surface area (Å²) in [5, 5.41) is 9.02. The van der Waals surface area contributed by atoms with Crippen LogP contribution in [-0.2, 0) is 14.4 Å². The highest BCUT2D eigenvalue weighted by Crippen LogP contribution is 2.19. The molecule has 0 aromatic heterocycles. The molecule has 5 heteroatoms. The molecule has 4 nitrogen and oxygen atoms in total. The van der Waals surface area contributed by atoms with E-state index >= 15 is 0 Å². The molecule has 0 N–H and O–H groups in total. The fraction of sp³-hybridized carbons (Fsp3) is 0.636. The van der Waals surface area contributed by atoms with Crippen molar-refractivity contribution in [2.75, 3.05) is 11.5 Å². The Bertz CT molecular complexity index is 614. The Kier molecular flexibility index (Phi) is 12.5. The van der Waals surface area contributed by atoms with Gasteiger partial charge in [0, 0.05) is 12.0 Å². The van der Waals surface area contributed by atoms with E-state index in [9.17, 15) is 14.4 Å². The molecule has 0 heterocycles. The quantitative estimate of drug-likeness (QED) is 0.287. The van der Waals surface area contributed by atoms with E-state index < -0.39 is 11.6 Å². The molecule has 0 amide bonds. The largest absolute Gasteiger partial charge is 0.298 e. The Morgan fingerprint density at radius 2 is 1.48 bits per heavy atom. The summed E-state index contributed by atoms with van der Waals surface area (Å²) in [6.45, 7) is 2.24. The number of carbonyl (C=O) groups excluding carboxylic acids is 3. The zero-order valence-electron chi connectivity index (χ0n) is 16.4. The second kappa shape index (κ2) is 14.4. The highest BCUT2D eigenvalue weighted by atomic mass is 32.2. The molecule has 148 valence electrons. The molecule has 1 aliphatic carbocycles. The van der Waals surface area contributed by atoms with Crippen LogP contribution < -0.4 is 0 Å². The molecule has 0 aliphatic heterocycles. The number of ketones is 3. The predicted octanol–water partition coefficient (Wildman–Crippen LogP) is 5.13. The van der Waals surface area contributed by atoms with Gasteiger partial charge >= 0.3 is 0 Å². The lowest BCUT2D eigenvalue weighted by Gasteiger charge is -2.09. The Balaban J connectivity index is 2.09. The van der Waals surface area contributed by atoms with Crippen molar-refractivity contribution in [3.8, 4) is 6.07 Å². The summed E-state index contributed by atoms with van der Waals surface area (Å²) < 4.78 is 0. The number of unbranched alkanes of at least 4 members (excludes halogenated alkanes) is 9. The molecule has 0 saturated carbocycles. The average molecular weight is 390 g/mol. The summed E-state index contributed by atoms with van der Waals surface area (Å²) in [5.74, 6) is 0.257. The normalized spacial score (nSPS) is 13.9. The van der Waals surface area contributed by atoms with Crippen molar-refractivity contribution in [1.29, 1.82) is 5.26 Å². The van der Waals surface area contributed by atoms with E-state index in [1.54, 1.807) is 17.8 Å². The summed E-state index contributed by atoms with van der Waals surface area (Å²) >= 11 is 1.57. The molecule has 27 heavy (non-hydrogen) atoms. The Hall–Kier alpha value is -1.67. The maximum Gasteiger partial charge on any atom is 0.196 e. The summed E-state index contributed by atoms with van der Waals surface area (Å²) in [7, 11) is 0. The fourth-order valence-electron chi connectivity index (χ4n) is 3.03. The highest BCUT2D eigenvalue weighted by molar-refractivity contribution is 7.99. The number of nitrogens with zero attached hydrogens (tertiary/aromatic N) is 1. The number of Topliss-reactive ketones (excluding diaryl/α,β-unsaturated/α-hetero) is 1. The summed E-state index contributed by atoms with van der Waals surface area (Å²) in [6, 6.07) is 1.75. The predicted molar refractivity (Wildman–Crippen MR) is 111 cm³/mol. The van der Waals surface area contributed by atoms with Crippen LogP contribution in [0.5, 0.6) is 0 Å². The van der Waals surface area contributed by atoms with E-state index in [1.165, 1.54) is 57.8 Å². The van der Waals surface area contributed by atoms with Crippen LogP contribution in [0.15, 0.2) is 23.3 Å². The van der Waals surface area contributed by atoms with Gasteiger partial charge in [0.15, 0.2) is 11.6 Å².